The first-order valence-corrected chi connectivity index (χ1v) is 39.3. The summed E-state index contributed by atoms with van der Waals surface area (Å²) in [5.74, 6) is 4.71. The Kier molecular flexibility index (Phi) is 24.7. The van der Waals surface area contributed by atoms with Crippen LogP contribution < -0.4 is 75.5 Å². The predicted octanol–water partition coefficient (Wildman–Crippen LogP) is 11.3. The number of rotatable bonds is 18. The Hall–Kier alpha value is -10.2. The van der Waals surface area contributed by atoms with Gasteiger partial charge in [-0.2, -0.15) is 15.0 Å². The van der Waals surface area contributed by atoms with Crippen molar-refractivity contribution in [3.05, 3.63) is 89.9 Å². The SMILES string of the molecule is COc1cc(C(=O)NC2CCCC2)ccc1Nc1ncc2c(n1)N(C1CCCC1)C[C@H](C)C(=O)N2C.COc1cc(C(=O)NC2CCOCC2)ccc1Nc1ncc2c(n1)N(C1CCCC1)C[C@H](C)C(=O)N2C.COc1cc(C(=O)N[C@H]2CCOC2)ccc1Nc1ncc2c(n1)N(C1CCCC1)CC(C)(C)C(=O)N2C. The van der Waals surface area contributed by atoms with Gasteiger partial charge in [-0.25, -0.2) is 15.0 Å². The molecule has 0 radical (unpaired) electrons. The molecular weight excluding hydrogens is 1400 g/mol. The quantitative estimate of drug-likeness (QED) is 0.0466. The maximum atomic E-state index is 13.2. The number of carbonyl (C=O) groups is 6. The lowest BCUT2D eigenvalue weighted by Gasteiger charge is -2.34. The minimum Gasteiger partial charge on any atom is -0.495 e. The molecule has 29 nitrogen and oxygen atoms in total. The van der Waals surface area contributed by atoms with Gasteiger partial charge in [-0.3, -0.25) is 28.8 Å². The minimum atomic E-state index is -0.546. The third kappa shape index (κ3) is 17.7. The molecule has 6 aromatic rings. The number of aromatic nitrogens is 6. The van der Waals surface area contributed by atoms with Gasteiger partial charge < -0.3 is 85.0 Å². The van der Waals surface area contributed by atoms with Crippen LogP contribution in [-0.4, -0.2) is 190 Å². The van der Waals surface area contributed by atoms with Gasteiger partial charge in [0.25, 0.3) is 17.7 Å². The van der Waals surface area contributed by atoms with Gasteiger partial charge in [0, 0.05) is 107 Å². The molecule has 5 aliphatic heterocycles. The van der Waals surface area contributed by atoms with Crippen molar-refractivity contribution in [2.24, 2.45) is 17.3 Å². The van der Waals surface area contributed by atoms with Crippen LogP contribution in [-0.2, 0) is 23.9 Å². The molecule has 15 rings (SSSR count). The fourth-order valence-electron chi connectivity index (χ4n) is 16.7. The minimum absolute atomic E-state index is 0.0297. The lowest BCUT2D eigenvalue weighted by atomic mass is 9.91. The van der Waals surface area contributed by atoms with E-state index in [1.54, 1.807) is 124 Å². The van der Waals surface area contributed by atoms with Crippen molar-refractivity contribution in [2.45, 2.75) is 186 Å². The van der Waals surface area contributed by atoms with Gasteiger partial charge in [-0.05, 0) is 139 Å². The zero-order valence-corrected chi connectivity index (χ0v) is 65.3. The Morgan fingerprint density at radius 1 is 0.445 bits per heavy atom. The smallest absolute Gasteiger partial charge is 0.251 e. The number of amides is 6. The number of hydrogen-bond donors (Lipinski definition) is 6. The van der Waals surface area contributed by atoms with Crippen LogP contribution in [0.2, 0.25) is 0 Å². The second kappa shape index (κ2) is 34.8. The van der Waals surface area contributed by atoms with Crippen molar-refractivity contribution in [3.63, 3.8) is 0 Å². The van der Waals surface area contributed by atoms with Crippen molar-refractivity contribution in [3.8, 4) is 17.2 Å². The molecule has 588 valence electrons. The van der Waals surface area contributed by atoms with Gasteiger partial charge in [0.15, 0.2) is 17.5 Å². The van der Waals surface area contributed by atoms with Crippen LogP contribution in [0, 0.1) is 17.3 Å². The number of fused-ring (bicyclic) bond motifs is 3. The first kappa shape index (κ1) is 78.0. The summed E-state index contributed by atoms with van der Waals surface area (Å²) in [7, 11) is 10.1. The second-order valence-electron chi connectivity index (χ2n) is 31.3. The molecule has 0 spiro atoms. The summed E-state index contributed by atoms with van der Waals surface area (Å²) in [6.07, 6.45) is 25.7. The van der Waals surface area contributed by atoms with Crippen molar-refractivity contribution >= 4 is 105 Å². The highest BCUT2D eigenvalue weighted by Gasteiger charge is 2.43. The molecule has 9 aliphatic rings. The maximum Gasteiger partial charge on any atom is 0.251 e. The first-order chi connectivity index (χ1) is 53.1. The Balaban J connectivity index is 0.000000145. The molecule has 110 heavy (non-hydrogen) atoms. The number of carbonyl (C=O) groups excluding carboxylic acids is 6. The Morgan fingerprint density at radius 2 is 0.782 bits per heavy atom. The molecule has 6 N–H and O–H groups in total. The molecule has 6 amide bonds. The number of nitrogens with zero attached hydrogens (tertiary/aromatic N) is 12. The molecular formula is C81H108N18O11. The average molecular weight is 1510 g/mol. The molecule has 3 atom stereocenters. The van der Waals surface area contributed by atoms with Crippen LogP contribution in [0.15, 0.2) is 73.2 Å². The van der Waals surface area contributed by atoms with Crippen molar-refractivity contribution in [1.82, 2.24) is 45.9 Å². The van der Waals surface area contributed by atoms with Crippen LogP contribution in [0.1, 0.15) is 181 Å². The van der Waals surface area contributed by atoms with Crippen molar-refractivity contribution in [1.29, 1.82) is 0 Å². The molecule has 29 heteroatoms. The van der Waals surface area contributed by atoms with Gasteiger partial charge in [0.1, 0.15) is 34.3 Å². The summed E-state index contributed by atoms with van der Waals surface area (Å²) in [6.45, 7) is 12.4. The number of methoxy groups -OCH3 is 3. The second-order valence-corrected chi connectivity index (χ2v) is 31.3. The van der Waals surface area contributed by atoms with E-state index in [2.05, 4.69) is 61.6 Å². The van der Waals surface area contributed by atoms with Crippen LogP contribution in [0.3, 0.4) is 0 Å². The number of benzene rings is 3. The van der Waals surface area contributed by atoms with E-state index in [0.717, 1.165) is 99.5 Å². The van der Waals surface area contributed by atoms with Crippen LogP contribution in [0.4, 0.5) is 69.4 Å². The molecule has 6 fully saturated rings. The summed E-state index contributed by atoms with van der Waals surface area (Å²) in [6, 6.07) is 17.4. The van der Waals surface area contributed by atoms with Crippen LogP contribution in [0.25, 0.3) is 0 Å². The standard InChI is InChI=1S/2C27H36N6O4.C27H36N6O3/c1-27(2)16-33(19-7-5-6-8-19)23-21(32(3)25(27)35)14-28-26(31-23)30-20-10-9-17(13-22(20)36-4)24(34)29-18-11-12-37-15-18;1-17-16-33(20-6-4-5-7-20)24-22(32(2)26(17)35)15-28-27(31-24)30-21-9-8-18(14-23(21)36-3)25(34)29-19-10-12-37-13-11-19;1-17-16-33(20-10-6-7-11-20)24-22(32(2)26(17)35)15-28-27(31-24)30-21-13-12-18(14-23(21)36-3)25(34)29-19-8-4-5-9-19/h9-10,13-14,18-19H,5-8,11-12,15-16H2,1-4H3,(H,29,34)(H,28,30,31);8-9,14-15,17,19-20H,4-7,10-13,16H2,1-3H3,(H,29,34)(H,28,30,31);12-15,17,19-20H,4-11,16H2,1-3H3,(H,29,34)(H,28,30,31)/t18-;2*17-/m000/s1. The Morgan fingerprint density at radius 3 is 1.16 bits per heavy atom. The third-order valence-corrected chi connectivity index (χ3v) is 23.0. The summed E-state index contributed by atoms with van der Waals surface area (Å²) >= 11 is 0. The fourth-order valence-corrected chi connectivity index (χ4v) is 16.7. The molecule has 0 bridgehead atoms. The number of anilines is 12. The van der Waals surface area contributed by atoms with Gasteiger partial charge >= 0.3 is 0 Å². The third-order valence-electron chi connectivity index (χ3n) is 23.0. The van der Waals surface area contributed by atoms with Gasteiger partial charge in [0.2, 0.25) is 35.6 Å². The van der Waals surface area contributed by atoms with Crippen molar-refractivity contribution < 1.29 is 52.5 Å². The maximum absolute atomic E-state index is 13.2. The molecule has 8 heterocycles. The molecule has 4 saturated carbocycles. The van der Waals surface area contributed by atoms with Crippen molar-refractivity contribution in [2.75, 3.05) is 134 Å². The molecule has 3 aromatic heterocycles. The molecule has 4 aliphatic carbocycles. The van der Waals surface area contributed by atoms with E-state index < -0.39 is 5.41 Å². The average Bonchev–Trinajstić information content (AvgIpc) is 1.61. The molecule has 2 saturated heterocycles. The predicted molar refractivity (Wildman–Crippen MR) is 424 cm³/mol. The van der Waals surface area contributed by atoms with Gasteiger partial charge in [-0.15, -0.1) is 0 Å². The fraction of sp³-hybridized carbons (Fsp3) is 0.556. The number of nitrogens with one attached hydrogen (secondary N) is 6. The largest absolute Gasteiger partial charge is 0.495 e. The zero-order valence-electron chi connectivity index (χ0n) is 65.3. The van der Waals surface area contributed by atoms with E-state index >= 15 is 0 Å². The number of hydrogen-bond acceptors (Lipinski definition) is 23. The molecule has 0 unspecified atom stereocenters. The summed E-state index contributed by atoms with van der Waals surface area (Å²) in [5.41, 5.74) is 5.19. The van der Waals surface area contributed by atoms with E-state index in [0.29, 0.717) is 139 Å². The van der Waals surface area contributed by atoms with Gasteiger partial charge in [-0.1, -0.05) is 65.2 Å². The topological polar surface area (TPSA) is 318 Å². The van der Waals surface area contributed by atoms with Gasteiger partial charge in [0.05, 0.1) is 86.9 Å². The van der Waals surface area contributed by atoms with E-state index in [-0.39, 0.29) is 65.4 Å². The monoisotopic (exact) mass is 1510 g/mol. The van der Waals surface area contributed by atoms with E-state index in [1.807, 2.05) is 33.8 Å². The summed E-state index contributed by atoms with van der Waals surface area (Å²) < 4.78 is 27.5. The zero-order chi connectivity index (χ0) is 77.3. The first-order valence-electron chi connectivity index (χ1n) is 39.3. The van der Waals surface area contributed by atoms with E-state index in [9.17, 15) is 28.8 Å². The Labute approximate surface area is 644 Å². The summed E-state index contributed by atoms with van der Waals surface area (Å²) in [4.78, 5) is 117. The highest BCUT2D eigenvalue weighted by atomic mass is 16.5. The lowest BCUT2D eigenvalue weighted by Crippen LogP contribution is -2.45. The van der Waals surface area contributed by atoms with E-state index in [1.165, 1.54) is 51.4 Å². The normalized spacial score (nSPS) is 21.1. The van der Waals surface area contributed by atoms with E-state index in [4.69, 9.17) is 38.6 Å². The highest BCUT2D eigenvalue weighted by Crippen LogP contribution is 2.44. The van der Waals surface area contributed by atoms with Crippen LogP contribution in [0.5, 0.6) is 17.2 Å². The molecule has 3 aromatic carbocycles. The van der Waals surface area contributed by atoms with Crippen LogP contribution >= 0.6 is 0 Å². The lowest BCUT2D eigenvalue weighted by molar-refractivity contribution is -0.125. The Bertz CT molecular complexity index is 4300. The summed E-state index contributed by atoms with van der Waals surface area (Å²) in [5, 5.41) is 19.0. The highest BCUT2D eigenvalue weighted by molar-refractivity contribution is 6.02. The number of ether oxygens (including phenoxy) is 5.